The number of carbonyl (C=O) groups excluding carboxylic acids is 1. The lowest BCUT2D eigenvalue weighted by atomic mass is 10.1. The molecule has 0 radical (unpaired) electrons. The average molecular weight is 224 g/mol. The minimum absolute atomic E-state index is 0.366. The lowest BCUT2D eigenvalue weighted by Crippen LogP contribution is -2.35. The third kappa shape index (κ3) is 3.62. The molecule has 1 atom stereocenters. The van der Waals surface area contributed by atoms with Gasteiger partial charge in [-0.1, -0.05) is 26.0 Å². The van der Waals surface area contributed by atoms with Gasteiger partial charge in [-0.05, 0) is 30.2 Å². The second kappa shape index (κ2) is 5.61. The topological polar surface area (TPSA) is 55.1 Å². The van der Waals surface area contributed by atoms with Crippen LogP contribution in [-0.2, 0) is 4.79 Å². The van der Waals surface area contributed by atoms with Crippen molar-refractivity contribution >= 4 is 5.91 Å². The average Bonchev–Trinajstić information content (AvgIpc) is 2.17. The van der Waals surface area contributed by atoms with E-state index < -0.39 is 11.9 Å². The van der Waals surface area contributed by atoms with E-state index in [4.69, 9.17) is 5.73 Å². The molecule has 3 N–H and O–H groups in total. The Kier molecular flexibility index (Phi) is 4.43. The smallest absolute Gasteiger partial charge is 0.239 e. The molecule has 0 fully saturated rings. The van der Waals surface area contributed by atoms with E-state index >= 15 is 0 Å². The van der Waals surface area contributed by atoms with E-state index in [9.17, 15) is 9.18 Å². The molecule has 88 valence electrons. The van der Waals surface area contributed by atoms with Crippen molar-refractivity contribution in [3.05, 3.63) is 35.6 Å². The van der Waals surface area contributed by atoms with Crippen LogP contribution in [0.1, 0.15) is 25.5 Å². The quantitative estimate of drug-likeness (QED) is 0.798. The lowest BCUT2D eigenvalue weighted by molar-refractivity contribution is -0.120. The maximum absolute atomic E-state index is 13.0. The molecular formula is C12H17FN2O. The van der Waals surface area contributed by atoms with Crippen molar-refractivity contribution in [3.63, 3.8) is 0 Å². The molecule has 0 heterocycles. The van der Waals surface area contributed by atoms with Gasteiger partial charge in [-0.25, -0.2) is 4.39 Å². The van der Waals surface area contributed by atoms with Gasteiger partial charge in [0, 0.05) is 0 Å². The first kappa shape index (κ1) is 12.6. The van der Waals surface area contributed by atoms with Crippen LogP contribution in [0.2, 0.25) is 0 Å². The first-order valence-corrected chi connectivity index (χ1v) is 5.29. The Labute approximate surface area is 94.8 Å². The van der Waals surface area contributed by atoms with Gasteiger partial charge < -0.3 is 11.1 Å². The first-order valence-electron chi connectivity index (χ1n) is 5.29. The SMILES string of the molecule is CC(C)CNC(C(N)=O)c1cccc(F)c1. The van der Waals surface area contributed by atoms with Crippen molar-refractivity contribution in [1.82, 2.24) is 5.32 Å². The maximum atomic E-state index is 13.0. The fourth-order valence-corrected chi connectivity index (χ4v) is 1.42. The van der Waals surface area contributed by atoms with Gasteiger partial charge in [-0.15, -0.1) is 0 Å². The minimum Gasteiger partial charge on any atom is -0.368 e. The van der Waals surface area contributed by atoms with Crippen LogP contribution in [0.4, 0.5) is 4.39 Å². The fraction of sp³-hybridized carbons (Fsp3) is 0.417. The van der Waals surface area contributed by atoms with Crippen LogP contribution >= 0.6 is 0 Å². The van der Waals surface area contributed by atoms with Crippen LogP contribution in [0, 0.1) is 11.7 Å². The summed E-state index contributed by atoms with van der Waals surface area (Å²) in [4.78, 5) is 11.3. The van der Waals surface area contributed by atoms with E-state index in [1.165, 1.54) is 12.1 Å². The number of carbonyl (C=O) groups is 1. The summed E-state index contributed by atoms with van der Waals surface area (Å²) in [5.74, 6) is -0.461. The van der Waals surface area contributed by atoms with Gasteiger partial charge >= 0.3 is 0 Å². The molecule has 1 unspecified atom stereocenters. The third-order valence-electron chi connectivity index (χ3n) is 2.20. The maximum Gasteiger partial charge on any atom is 0.239 e. The van der Waals surface area contributed by atoms with E-state index in [-0.39, 0.29) is 5.82 Å². The molecule has 0 saturated heterocycles. The number of nitrogens with two attached hydrogens (primary N) is 1. The number of hydrogen-bond acceptors (Lipinski definition) is 2. The predicted octanol–water partition coefficient (Wildman–Crippen LogP) is 1.60. The summed E-state index contributed by atoms with van der Waals surface area (Å²) >= 11 is 0. The van der Waals surface area contributed by atoms with Crippen LogP contribution in [-0.4, -0.2) is 12.5 Å². The van der Waals surface area contributed by atoms with Crippen LogP contribution in [0.15, 0.2) is 24.3 Å². The molecule has 0 saturated carbocycles. The number of amides is 1. The Balaban J connectivity index is 2.81. The van der Waals surface area contributed by atoms with Crippen molar-refractivity contribution in [2.45, 2.75) is 19.9 Å². The van der Waals surface area contributed by atoms with Gasteiger partial charge in [0.15, 0.2) is 0 Å². The van der Waals surface area contributed by atoms with Crippen molar-refractivity contribution in [1.29, 1.82) is 0 Å². The number of primary amides is 1. The highest BCUT2D eigenvalue weighted by molar-refractivity contribution is 5.81. The number of benzene rings is 1. The van der Waals surface area contributed by atoms with Gasteiger partial charge in [0.2, 0.25) is 5.91 Å². The Morgan fingerprint density at radius 3 is 2.69 bits per heavy atom. The molecule has 0 spiro atoms. The predicted molar refractivity (Wildman–Crippen MR) is 61.2 cm³/mol. The summed E-state index contributed by atoms with van der Waals surface area (Å²) in [5, 5.41) is 3.02. The fourth-order valence-electron chi connectivity index (χ4n) is 1.42. The molecule has 4 heteroatoms. The Hall–Kier alpha value is -1.42. The largest absolute Gasteiger partial charge is 0.368 e. The summed E-state index contributed by atoms with van der Waals surface area (Å²) < 4.78 is 13.0. The molecule has 0 aliphatic carbocycles. The van der Waals surface area contributed by atoms with Crippen molar-refractivity contribution in [3.8, 4) is 0 Å². The summed E-state index contributed by atoms with van der Waals surface area (Å²) in [6.07, 6.45) is 0. The van der Waals surface area contributed by atoms with Gasteiger partial charge in [-0.3, -0.25) is 4.79 Å². The zero-order valence-corrected chi connectivity index (χ0v) is 9.53. The minimum atomic E-state index is -0.627. The van der Waals surface area contributed by atoms with Gasteiger partial charge in [0.1, 0.15) is 11.9 Å². The van der Waals surface area contributed by atoms with E-state index in [1.807, 2.05) is 13.8 Å². The second-order valence-corrected chi connectivity index (χ2v) is 4.19. The lowest BCUT2D eigenvalue weighted by Gasteiger charge is -2.17. The van der Waals surface area contributed by atoms with Crippen LogP contribution in [0.5, 0.6) is 0 Å². The van der Waals surface area contributed by atoms with Crippen molar-refractivity contribution in [2.75, 3.05) is 6.54 Å². The molecule has 0 aromatic heterocycles. The Morgan fingerprint density at radius 1 is 1.50 bits per heavy atom. The molecular weight excluding hydrogens is 207 g/mol. The number of halogens is 1. The van der Waals surface area contributed by atoms with Crippen LogP contribution < -0.4 is 11.1 Å². The molecule has 16 heavy (non-hydrogen) atoms. The molecule has 0 aliphatic rings. The van der Waals surface area contributed by atoms with Gasteiger partial charge in [-0.2, -0.15) is 0 Å². The summed E-state index contributed by atoms with van der Waals surface area (Å²) in [6, 6.07) is 5.29. The molecule has 0 aliphatic heterocycles. The van der Waals surface area contributed by atoms with Gasteiger partial charge in [0.05, 0.1) is 0 Å². The summed E-state index contributed by atoms with van der Waals surface area (Å²) in [7, 11) is 0. The molecule has 1 rings (SSSR count). The Bertz CT molecular complexity index is 366. The normalized spacial score (nSPS) is 12.8. The number of nitrogens with one attached hydrogen (secondary N) is 1. The molecule has 0 bridgehead atoms. The van der Waals surface area contributed by atoms with Crippen molar-refractivity contribution in [2.24, 2.45) is 11.7 Å². The monoisotopic (exact) mass is 224 g/mol. The highest BCUT2D eigenvalue weighted by atomic mass is 19.1. The zero-order chi connectivity index (χ0) is 12.1. The molecule has 1 amide bonds. The second-order valence-electron chi connectivity index (χ2n) is 4.19. The molecule has 1 aromatic rings. The highest BCUT2D eigenvalue weighted by Crippen LogP contribution is 2.14. The third-order valence-corrected chi connectivity index (χ3v) is 2.20. The zero-order valence-electron chi connectivity index (χ0n) is 9.53. The van der Waals surface area contributed by atoms with Crippen LogP contribution in [0.3, 0.4) is 0 Å². The molecule has 1 aromatic carbocycles. The van der Waals surface area contributed by atoms with E-state index in [2.05, 4.69) is 5.32 Å². The van der Waals surface area contributed by atoms with E-state index in [1.54, 1.807) is 12.1 Å². The standard InChI is InChI=1S/C12H17FN2O/c1-8(2)7-15-11(12(14)16)9-4-3-5-10(13)6-9/h3-6,8,11,15H,7H2,1-2H3,(H2,14,16). The highest BCUT2D eigenvalue weighted by Gasteiger charge is 2.17. The number of hydrogen-bond donors (Lipinski definition) is 2. The van der Waals surface area contributed by atoms with Crippen molar-refractivity contribution < 1.29 is 9.18 Å². The van der Waals surface area contributed by atoms with E-state index in [0.29, 0.717) is 18.0 Å². The first-order chi connectivity index (χ1) is 7.50. The van der Waals surface area contributed by atoms with Crippen LogP contribution in [0.25, 0.3) is 0 Å². The Morgan fingerprint density at radius 2 is 2.19 bits per heavy atom. The number of rotatable bonds is 5. The summed E-state index contributed by atoms with van der Waals surface area (Å²) in [5.41, 5.74) is 5.84. The van der Waals surface area contributed by atoms with E-state index in [0.717, 1.165) is 0 Å². The molecule has 3 nitrogen and oxygen atoms in total. The summed E-state index contributed by atoms with van der Waals surface area (Å²) in [6.45, 7) is 4.71. The van der Waals surface area contributed by atoms with Gasteiger partial charge in [0.25, 0.3) is 0 Å².